The average molecular weight is 422 g/mol. The Kier molecular flexibility index (Phi) is 6.51. The maximum absolute atomic E-state index is 12.9. The zero-order chi connectivity index (χ0) is 21.7. The molecule has 1 N–H and O–H groups in total. The Bertz CT molecular complexity index is 1010. The van der Waals surface area contributed by atoms with E-state index in [1.54, 1.807) is 49.4 Å². The van der Waals surface area contributed by atoms with Crippen molar-refractivity contribution >= 4 is 11.6 Å². The minimum Gasteiger partial charge on any atom is -0.463 e. The third-order valence-electron chi connectivity index (χ3n) is 4.17. The number of aromatic nitrogens is 1. The number of alkyl halides is 4. The van der Waals surface area contributed by atoms with Crippen LogP contribution in [0.2, 0.25) is 0 Å². The van der Waals surface area contributed by atoms with Gasteiger partial charge in [0.2, 0.25) is 0 Å². The molecule has 0 unspecified atom stereocenters. The maximum atomic E-state index is 12.9. The molecule has 5 nitrogen and oxygen atoms in total. The molecule has 3 rings (SSSR count). The van der Waals surface area contributed by atoms with Crippen molar-refractivity contribution in [3.05, 3.63) is 71.6 Å². The Morgan fingerprint density at radius 2 is 2.00 bits per heavy atom. The van der Waals surface area contributed by atoms with Gasteiger partial charge in [0, 0.05) is 5.69 Å². The summed E-state index contributed by atoms with van der Waals surface area (Å²) in [6.07, 6.45) is -2.27. The van der Waals surface area contributed by atoms with Gasteiger partial charge in [-0.15, -0.1) is 0 Å². The van der Waals surface area contributed by atoms with Crippen LogP contribution in [0.5, 0.6) is 0 Å². The first kappa shape index (κ1) is 21.5. The van der Waals surface area contributed by atoms with Crippen molar-refractivity contribution in [3.8, 4) is 11.5 Å². The second-order valence-corrected chi connectivity index (χ2v) is 6.52. The number of anilines is 1. The van der Waals surface area contributed by atoms with E-state index in [0.29, 0.717) is 34.0 Å². The lowest BCUT2D eigenvalue weighted by molar-refractivity contribution is -0.168. The normalized spacial score (nSPS) is 11.7. The summed E-state index contributed by atoms with van der Waals surface area (Å²) in [5.74, 6) is -4.04. The van der Waals surface area contributed by atoms with Gasteiger partial charge in [-0.1, -0.05) is 12.1 Å². The average Bonchev–Trinajstić information content (AvgIpc) is 3.22. The molecule has 1 amide bonds. The highest BCUT2D eigenvalue weighted by atomic mass is 19.3. The van der Waals surface area contributed by atoms with E-state index in [1.165, 1.54) is 12.3 Å². The smallest absolute Gasteiger partial charge is 0.330 e. The fourth-order valence-corrected chi connectivity index (χ4v) is 2.67. The fraction of sp³-hybridized carbons (Fsp3) is 0.238. The molecule has 9 heteroatoms. The van der Waals surface area contributed by atoms with Crippen LogP contribution < -0.4 is 5.32 Å². The summed E-state index contributed by atoms with van der Waals surface area (Å²) in [6, 6.07) is 13.0. The SMILES string of the molecule is Cc1nc(-c2ccco2)ccc1C(=O)Nc1cccc(COCC(F)(F)C(F)F)c1. The van der Waals surface area contributed by atoms with E-state index in [-0.39, 0.29) is 6.61 Å². The van der Waals surface area contributed by atoms with Gasteiger partial charge in [0.25, 0.3) is 5.91 Å². The third kappa shape index (κ3) is 5.24. The molecule has 0 radical (unpaired) electrons. The highest BCUT2D eigenvalue weighted by Gasteiger charge is 2.40. The minimum atomic E-state index is -4.21. The van der Waals surface area contributed by atoms with Crippen LogP contribution in [0, 0.1) is 6.92 Å². The second-order valence-electron chi connectivity index (χ2n) is 6.52. The molecule has 3 aromatic rings. The molecule has 0 aliphatic carbocycles. The summed E-state index contributed by atoms with van der Waals surface area (Å²) < 4.78 is 60.1. The third-order valence-corrected chi connectivity index (χ3v) is 4.17. The van der Waals surface area contributed by atoms with Crippen LogP contribution in [-0.2, 0) is 11.3 Å². The lowest BCUT2D eigenvalue weighted by Crippen LogP contribution is -2.32. The van der Waals surface area contributed by atoms with Crippen LogP contribution in [0.4, 0.5) is 23.2 Å². The summed E-state index contributed by atoms with van der Waals surface area (Å²) >= 11 is 0. The number of furan rings is 1. The van der Waals surface area contributed by atoms with E-state index >= 15 is 0 Å². The molecule has 0 spiro atoms. The van der Waals surface area contributed by atoms with Crippen molar-refractivity contribution in [2.24, 2.45) is 0 Å². The lowest BCUT2D eigenvalue weighted by Gasteiger charge is -2.15. The molecule has 0 saturated carbocycles. The van der Waals surface area contributed by atoms with Gasteiger partial charge in [-0.2, -0.15) is 8.78 Å². The highest BCUT2D eigenvalue weighted by Crippen LogP contribution is 2.24. The van der Waals surface area contributed by atoms with Crippen molar-refractivity contribution in [2.45, 2.75) is 25.9 Å². The molecule has 2 aromatic heterocycles. The van der Waals surface area contributed by atoms with Crippen molar-refractivity contribution < 1.29 is 31.5 Å². The number of rotatable bonds is 8. The number of nitrogens with one attached hydrogen (secondary N) is 1. The number of pyridine rings is 1. The van der Waals surface area contributed by atoms with E-state index in [9.17, 15) is 22.4 Å². The van der Waals surface area contributed by atoms with Crippen molar-refractivity contribution in [1.29, 1.82) is 0 Å². The Hall–Kier alpha value is -3.20. The quantitative estimate of drug-likeness (QED) is 0.499. The number of hydrogen-bond donors (Lipinski definition) is 1. The number of aryl methyl sites for hydroxylation is 1. The van der Waals surface area contributed by atoms with Crippen LogP contribution >= 0.6 is 0 Å². The number of halogens is 4. The van der Waals surface area contributed by atoms with E-state index in [0.717, 1.165) is 0 Å². The van der Waals surface area contributed by atoms with Crippen molar-refractivity contribution in [2.75, 3.05) is 11.9 Å². The topological polar surface area (TPSA) is 64.4 Å². The predicted octanol–water partition coefficient (Wildman–Crippen LogP) is 5.32. The summed E-state index contributed by atoms with van der Waals surface area (Å²) in [6.45, 7) is -0.00656. The zero-order valence-corrected chi connectivity index (χ0v) is 15.9. The molecule has 0 saturated heterocycles. The van der Waals surface area contributed by atoms with E-state index in [1.807, 2.05) is 0 Å². The first-order valence-electron chi connectivity index (χ1n) is 8.92. The summed E-state index contributed by atoms with van der Waals surface area (Å²) in [5, 5.41) is 2.69. The molecule has 0 fully saturated rings. The van der Waals surface area contributed by atoms with Gasteiger partial charge in [0.1, 0.15) is 12.3 Å². The first-order chi connectivity index (χ1) is 14.3. The Labute approximate surface area is 169 Å². The van der Waals surface area contributed by atoms with Crippen LogP contribution in [0.25, 0.3) is 11.5 Å². The largest absolute Gasteiger partial charge is 0.463 e. The Morgan fingerprint density at radius 1 is 1.20 bits per heavy atom. The van der Waals surface area contributed by atoms with E-state index in [4.69, 9.17) is 9.15 Å². The van der Waals surface area contributed by atoms with Crippen LogP contribution in [0.3, 0.4) is 0 Å². The number of amides is 1. The zero-order valence-electron chi connectivity index (χ0n) is 15.9. The molecule has 30 heavy (non-hydrogen) atoms. The van der Waals surface area contributed by atoms with Gasteiger partial charge in [0.05, 0.1) is 24.1 Å². The van der Waals surface area contributed by atoms with Gasteiger partial charge < -0.3 is 14.5 Å². The maximum Gasteiger partial charge on any atom is 0.330 e. The number of nitrogens with zero attached hydrogens (tertiary/aromatic N) is 1. The molecular weight excluding hydrogens is 404 g/mol. The molecule has 0 bridgehead atoms. The van der Waals surface area contributed by atoms with Gasteiger partial charge in [0.15, 0.2) is 5.76 Å². The lowest BCUT2D eigenvalue weighted by atomic mass is 10.1. The van der Waals surface area contributed by atoms with E-state index in [2.05, 4.69) is 10.3 Å². The summed E-state index contributed by atoms with van der Waals surface area (Å²) in [7, 11) is 0. The fourth-order valence-electron chi connectivity index (χ4n) is 2.67. The number of hydrogen-bond acceptors (Lipinski definition) is 4. The van der Waals surface area contributed by atoms with Gasteiger partial charge >= 0.3 is 12.3 Å². The second kappa shape index (κ2) is 9.08. The summed E-state index contributed by atoms with van der Waals surface area (Å²) in [4.78, 5) is 16.9. The molecule has 1 aromatic carbocycles. The minimum absolute atomic E-state index is 0.301. The Balaban J connectivity index is 1.64. The molecule has 0 aliphatic heterocycles. The summed E-state index contributed by atoms with van der Waals surface area (Å²) in [5.41, 5.74) is 2.28. The van der Waals surface area contributed by atoms with E-state index < -0.39 is 24.9 Å². The number of ether oxygens (including phenoxy) is 1. The van der Waals surface area contributed by atoms with Gasteiger partial charge in [-0.3, -0.25) is 4.79 Å². The van der Waals surface area contributed by atoms with Crippen LogP contribution in [0.15, 0.2) is 59.2 Å². The molecule has 0 atom stereocenters. The molecule has 0 aliphatic rings. The highest BCUT2D eigenvalue weighted by molar-refractivity contribution is 6.05. The number of benzene rings is 1. The van der Waals surface area contributed by atoms with Gasteiger partial charge in [-0.05, 0) is 48.9 Å². The number of carbonyl (C=O) groups is 1. The monoisotopic (exact) mass is 422 g/mol. The molecular formula is C21H18F4N2O3. The predicted molar refractivity (Wildman–Crippen MR) is 102 cm³/mol. The standard InChI is InChI=1S/C21H18F4N2O3/c1-13-16(7-8-17(26-13)18-6-3-9-30-18)19(28)27-15-5-2-4-14(10-15)11-29-12-21(24,25)20(22)23/h2-10,20H,11-12H2,1H3,(H,27,28). The molecule has 158 valence electrons. The van der Waals surface area contributed by atoms with Crippen LogP contribution in [0.1, 0.15) is 21.6 Å². The van der Waals surface area contributed by atoms with Crippen LogP contribution in [-0.4, -0.2) is 29.8 Å². The number of carbonyl (C=O) groups excluding carboxylic acids is 1. The molecule has 2 heterocycles. The van der Waals surface area contributed by atoms with Crippen molar-refractivity contribution in [3.63, 3.8) is 0 Å². The van der Waals surface area contributed by atoms with Crippen molar-refractivity contribution in [1.82, 2.24) is 4.98 Å². The Morgan fingerprint density at radius 3 is 2.67 bits per heavy atom. The first-order valence-corrected chi connectivity index (χ1v) is 8.92. The van der Waals surface area contributed by atoms with Gasteiger partial charge in [-0.25, -0.2) is 13.8 Å².